The van der Waals surface area contributed by atoms with Crippen LogP contribution in [-0.4, -0.2) is 41.2 Å². The lowest BCUT2D eigenvalue weighted by atomic mass is 9.85. The van der Waals surface area contributed by atoms with E-state index in [9.17, 15) is 22.8 Å². The van der Waals surface area contributed by atoms with E-state index in [0.29, 0.717) is 13.1 Å². The number of thiophene rings is 1. The van der Waals surface area contributed by atoms with Gasteiger partial charge in [0.05, 0.1) is 11.6 Å². The molecule has 1 atom stereocenters. The predicted molar refractivity (Wildman–Crippen MR) is 149 cm³/mol. The first-order chi connectivity index (χ1) is 18.3. The van der Waals surface area contributed by atoms with Crippen molar-refractivity contribution in [3.8, 4) is 0 Å². The van der Waals surface area contributed by atoms with Gasteiger partial charge in [-0.05, 0) is 70.2 Å². The van der Waals surface area contributed by atoms with Gasteiger partial charge in [-0.2, -0.15) is 13.2 Å². The summed E-state index contributed by atoms with van der Waals surface area (Å²) in [6.07, 6.45) is -3.74. The highest BCUT2D eigenvalue weighted by atomic mass is 32.1. The highest BCUT2D eigenvalue weighted by Crippen LogP contribution is 2.38. The predicted octanol–water partition coefficient (Wildman–Crippen LogP) is 7.34. The van der Waals surface area contributed by atoms with Crippen molar-refractivity contribution < 1.29 is 22.8 Å². The molecule has 2 aromatic carbocycles. The van der Waals surface area contributed by atoms with E-state index in [1.54, 1.807) is 11.3 Å². The first kappa shape index (κ1) is 28.9. The molecule has 208 valence electrons. The molecule has 3 aromatic rings. The molecule has 0 saturated carbocycles. The maximum Gasteiger partial charge on any atom is 0.416 e. The van der Waals surface area contributed by atoms with E-state index < -0.39 is 17.6 Å². The lowest BCUT2D eigenvalue weighted by molar-refractivity contribution is -0.137. The Balaban J connectivity index is 1.61. The van der Waals surface area contributed by atoms with Crippen LogP contribution in [0.15, 0.2) is 60.0 Å². The number of nitrogens with zero attached hydrogens (tertiary/aromatic N) is 2. The smallest absolute Gasteiger partial charge is 0.330 e. The number of carbonyl (C=O) groups excluding carboxylic acids is 2. The summed E-state index contributed by atoms with van der Waals surface area (Å²) in [6, 6.07) is 14.4. The Morgan fingerprint density at radius 3 is 2.15 bits per heavy atom. The summed E-state index contributed by atoms with van der Waals surface area (Å²) in [6.45, 7) is 11.1. The quantitative estimate of drug-likeness (QED) is 0.319. The Morgan fingerprint density at radius 1 is 0.974 bits per heavy atom. The Kier molecular flexibility index (Phi) is 8.26. The maximum atomic E-state index is 13.8. The van der Waals surface area contributed by atoms with E-state index in [0.717, 1.165) is 29.7 Å². The van der Waals surface area contributed by atoms with Gasteiger partial charge in [0.15, 0.2) is 0 Å². The summed E-state index contributed by atoms with van der Waals surface area (Å²) in [4.78, 5) is 31.8. The topological polar surface area (TPSA) is 40.6 Å². The Morgan fingerprint density at radius 2 is 1.59 bits per heavy atom. The number of hydrogen-bond acceptors (Lipinski definition) is 3. The zero-order chi connectivity index (χ0) is 28.5. The molecular formula is C31H35F3N2O2S. The van der Waals surface area contributed by atoms with Gasteiger partial charge < -0.3 is 9.80 Å². The molecule has 0 radical (unpaired) electrons. The molecule has 1 aliphatic rings. The summed E-state index contributed by atoms with van der Waals surface area (Å²) in [5.41, 5.74) is 2.64. The second-order valence-corrected chi connectivity index (χ2v) is 12.6. The van der Waals surface area contributed by atoms with Crippen LogP contribution in [0.3, 0.4) is 0 Å². The highest BCUT2D eigenvalue weighted by molar-refractivity contribution is 7.10. The average molecular weight is 557 g/mol. The molecule has 0 saturated heterocycles. The van der Waals surface area contributed by atoms with Gasteiger partial charge in [0.2, 0.25) is 5.91 Å². The van der Waals surface area contributed by atoms with Crippen molar-refractivity contribution in [2.24, 2.45) is 5.92 Å². The summed E-state index contributed by atoms with van der Waals surface area (Å²) in [5.74, 6) is -0.565. The fourth-order valence-electron chi connectivity index (χ4n) is 5.01. The molecule has 4 rings (SSSR count). The van der Waals surface area contributed by atoms with E-state index in [2.05, 4.69) is 51.1 Å². The third kappa shape index (κ3) is 6.55. The van der Waals surface area contributed by atoms with E-state index >= 15 is 0 Å². The zero-order valence-electron chi connectivity index (χ0n) is 23.0. The Labute approximate surface area is 232 Å². The minimum atomic E-state index is -4.48. The van der Waals surface area contributed by atoms with Gasteiger partial charge in [0.1, 0.15) is 6.54 Å². The van der Waals surface area contributed by atoms with E-state index in [1.807, 2.05) is 24.1 Å². The number of hydrogen-bond donors (Lipinski definition) is 0. The fourth-order valence-corrected chi connectivity index (χ4v) is 5.91. The standard InChI is InChI=1S/C31H35F3N2O2S/c1-20(2)18-35(29(38)22-8-12-24(13-9-22)31(32,33)34)19-27(37)36-16-14-26-25(15-17-39-26)28(36)21-6-10-23(11-7-21)30(3,4)5/h6-13,15,17,20,28H,14,16,18-19H2,1-5H3. The van der Waals surface area contributed by atoms with Crippen LogP contribution < -0.4 is 0 Å². The summed E-state index contributed by atoms with van der Waals surface area (Å²) < 4.78 is 39.1. The van der Waals surface area contributed by atoms with Gasteiger partial charge in [-0.3, -0.25) is 9.59 Å². The van der Waals surface area contributed by atoms with Gasteiger partial charge in [-0.1, -0.05) is 58.9 Å². The highest BCUT2D eigenvalue weighted by Gasteiger charge is 2.35. The maximum absolute atomic E-state index is 13.8. The minimum Gasteiger partial charge on any atom is -0.330 e. The molecule has 0 spiro atoms. The zero-order valence-corrected chi connectivity index (χ0v) is 23.8. The Hall–Kier alpha value is -3.13. The van der Waals surface area contributed by atoms with Gasteiger partial charge in [-0.15, -0.1) is 11.3 Å². The number of rotatable bonds is 6. The number of benzene rings is 2. The van der Waals surface area contributed by atoms with Crippen molar-refractivity contribution in [3.63, 3.8) is 0 Å². The number of alkyl halides is 3. The van der Waals surface area contributed by atoms with Gasteiger partial charge in [0.25, 0.3) is 5.91 Å². The summed E-state index contributed by atoms with van der Waals surface area (Å²) >= 11 is 1.69. The molecular weight excluding hydrogens is 521 g/mol. The van der Waals surface area contributed by atoms with Crippen LogP contribution in [0.25, 0.3) is 0 Å². The average Bonchev–Trinajstić information content (AvgIpc) is 3.35. The molecule has 4 nitrogen and oxygen atoms in total. The van der Waals surface area contributed by atoms with E-state index in [4.69, 9.17) is 0 Å². The lowest BCUT2D eigenvalue weighted by Gasteiger charge is -2.38. The molecule has 1 aromatic heterocycles. The van der Waals surface area contributed by atoms with Gasteiger partial charge in [0, 0.05) is 23.5 Å². The minimum absolute atomic E-state index is 0.00412. The summed E-state index contributed by atoms with van der Waals surface area (Å²) in [7, 11) is 0. The van der Waals surface area contributed by atoms with Crippen molar-refractivity contribution in [1.29, 1.82) is 0 Å². The normalized spacial score (nSPS) is 15.8. The molecule has 1 aliphatic heterocycles. The van der Waals surface area contributed by atoms with E-state index in [-0.39, 0.29) is 35.4 Å². The molecule has 1 unspecified atom stereocenters. The molecule has 8 heteroatoms. The van der Waals surface area contributed by atoms with Crippen molar-refractivity contribution in [1.82, 2.24) is 9.80 Å². The van der Waals surface area contributed by atoms with Crippen molar-refractivity contribution in [3.05, 3.63) is 92.7 Å². The van der Waals surface area contributed by atoms with Crippen LogP contribution in [0, 0.1) is 5.92 Å². The van der Waals surface area contributed by atoms with Gasteiger partial charge in [-0.25, -0.2) is 0 Å². The molecule has 2 heterocycles. The molecule has 0 fully saturated rings. The van der Waals surface area contributed by atoms with Crippen LogP contribution in [0.4, 0.5) is 13.2 Å². The molecule has 39 heavy (non-hydrogen) atoms. The van der Waals surface area contributed by atoms with E-state index in [1.165, 1.54) is 27.5 Å². The van der Waals surface area contributed by atoms with Gasteiger partial charge >= 0.3 is 6.18 Å². The summed E-state index contributed by atoms with van der Waals surface area (Å²) in [5, 5.41) is 2.05. The van der Waals surface area contributed by atoms with Crippen LogP contribution in [0.1, 0.15) is 78.1 Å². The van der Waals surface area contributed by atoms with Crippen LogP contribution in [0.2, 0.25) is 0 Å². The Bertz CT molecular complexity index is 1310. The first-order valence-corrected chi connectivity index (χ1v) is 14.1. The van der Waals surface area contributed by atoms with Crippen molar-refractivity contribution >= 4 is 23.2 Å². The van der Waals surface area contributed by atoms with Crippen LogP contribution in [0.5, 0.6) is 0 Å². The third-order valence-electron chi connectivity index (χ3n) is 7.04. The second kappa shape index (κ2) is 11.2. The number of carbonyl (C=O) groups is 2. The molecule has 2 amide bonds. The largest absolute Gasteiger partial charge is 0.416 e. The SMILES string of the molecule is CC(C)CN(CC(=O)N1CCc2sccc2C1c1ccc(C(C)(C)C)cc1)C(=O)c1ccc(C(F)(F)F)cc1. The number of halogens is 3. The number of fused-ring (bicyclic) bond motifs is 1. The third-order valence-corrected chi connectivity index (χ3v) is 8.03. The van der Waals surface area contributed by atoms with Crippen LogP contribution in [-0.2, 0) is 22.8 Å². The second-order valence-electron chi connectivity index (χ2n) is 11.6. The number of amides is 2. The first-order valence-electron chi connectivity index (χ1n) is 13.2. The fraction of sp³-hybridized carbons (Fsp3) is 0.419. The monoisotopic (exact) mass is 556 g/mol. The molecule has 0 aliphatic carbocycles. The molecule has 0 N–H and O–H groups in total. The van der Waals surface area contributed by atoms with Crippen molar-refractivity contribution in [2.45, 2.75) is 58.7 Å². The molecule has 0 bridgehead atoms. The van der Waals surface area contributed by atoms with Crippen molar-refractivity contribution in [2.75, 3.05) is 19.6 Å². The lowest BCUT2D eigenvalue weighted by Crippen LogP contribution is -2.47. The van der Waals surface area contributed by atoms with Crippen LogP contribution >= 0.6 is 11.3 Å².